The second-order valence-electron chi connectivity index (χ2n) is 6.81. The van der Waals surface area contributed by atoms with Gasteiger partial charge in [-0.15, -0.1) is 0 Å². The maximum Gasteiger partial charge on any atom is 0.252 e. The first-order valence-electron chi connectivity index (χ1n) is 8.85. The van der Waals surface area contributed by atoms with Crippen LogP contribution in [0.3, 0.4) is 0 Å². The highest BCUT2D eigenvalue weighted by atomic mass is 32.3. The Hall–Kier alpha value is -1.28. The SMILES string of the molecule is O=C([O-])O[C@@H]1C(OS(=O)(=O)[O-])COC[C@@H]1O[C@@H]1OC(COS(=O)(=O)[O-])CC(O)[C@@H]1NS(=O)(=O)[O-]. The lowest BCUT2D eigenvalue weighted by molar-refractivity contribution is -0.314. The van der Waals surface area contributed by atoms with Crippen molar-refractivity contribution in [2.24, 2.45) is 0 Å². The zero-order valence-corrected chi connectivity index (χ0v) is 18.9. The van der Waals surface area contributed by atoms with Gasteiger partial charge >= 0.3 is 0 Å². The van der Waals surface area contributed by atoms with Gasteiger partial charge in [-0.1, -0.05) is 0 Å². The highest BCUT2D eigenvalue weighted by Gasteiger charge is 2.44. The topological polar surface area (TPSA) is 299 Å². The van der Waals surface area contributed by atoms with E-state index < -0.39 is 106 Å². The third-order valence-electron chi connectivity index (χ3n) is 4.30. The molecule has 2 aliphatic heterocycles. The van der Waals surface area contributed by atoms with Crippen LogP contribution in [0.5, 0.6) is 0 Å². The number of carbonyl (C=O) groups is 1. The van der Waals surface area contributed by atoms with Crippen molar-refractivity contribution in [1.82, 2.24) is 4.72 Å². The van der Waals surface area contributed by atoms with E-state index in [1.807, 2.05) is 0 Å². The number of hydrogen-bond donors (Lipinski definition) is 2. The molecular formula is C12H17NO18S3-4. The number of nitrogens with one attached hydrogen (secondary N) is 1. The zero-order valence-electron chi connectivity index (χ0n) is 16.5. The Bertz CT molecular complexity index is 1030. The average molecular weight is 559 g/mol. The van der Waals surface area contributed by atoms with Crippen molar-refractivity contribution < 1.29 is 81.2 Å². The van der Waals surface area contributed by atoms with E-state index in [0.717, 1.165) is 0 Å². The van der Waals surface area contributed by atoms with E-state index in [-0.39, 0.29) is 0 Å². The molecule has 0 aromatic rings. The van der Waals surface area contributed by atoms with Crippen molar-refractivity contribution in [2.45, 2.75) is 49.3 Å². The summed E-state index contributed by atoms with van der Waals surface area (Å²) in [5, 5.41) is 21.2. The van der Waals surface area contributed by atoms with Crippen molar-refractivity contribution >= 4 is 37.3 Å². The minimum absolute atomic E-state index is 0.567. The van der Waals surface area contributed by atoms with Gasteiger partial charge < -0.3 is 47.6 Å². The highest BCUT2D eigenvalue weighted by molar-refractivity contribution is 7.83. The molecule has 2 aliphatic rings. The smallest absolute Gasteiger partial charge is 0.252 e. The number of aliphatic hydroxyl groups is 1. The van der Waals surface area contributed by atoms with Gasteiger partial charge in [-0.05, 0) is 0 Å². The first-order valence-corrected chi connectivity index (χ1v) is 12.9. The predicted molar refractivity (Wildman–Crippen MR) is 92.1 cm³/mol. The fourth-order valence-corrected chi connectivity index (χ4v) is 4.51. The molecule has 200 valence electrons. The molecule has 19 nitrogen and oxygen atoms in total. The van der Waals surface area contributed by atoms with E-state index in [1.165, 1.54) is 4.72 Å². The molecule has 7 atom stereocenters. The van der Waals surface area contributed by atoms with Gasteiger partial charge in [0, 0.05) is 6.42 Å². The maximum atomic E-state index is 11.1. The van der Waals surface area contributed by atoms with Gasteiger partial charge in [0.05, 0.1) is 44.2 Å². The summed E-state index contributed by atoms with van der Waals surface area (Å²) in [4.78, 5) is 10.9. The van der Waals surface area contributed by atoms with Crippen LogP contribution in [0.2, 0.25) is 0 Å². The predicted octanol–water partition coefficient (Wildman–Crippen LogP) is -5.65. The van der Waals surface area contributed by atoms with Gasteiger partial charge in [-0.3, -0.25) is 8.37 Å². The van der Waals surface area contributed by atoms with Crippen LogP contribution in [0.25, 0.3) is 0 Å². The molecule has 0 saturated carbocycles. The lowest BCUT2D eigenvalue weighted by Crippen LogP contribution is -2.62. The van der Waals surface area contributed by atoms with Crippen LogP contribution >= 0.6 is 0 Å². The summed E-state index contributed by atoms with van der Waals surface area (Å²) in [5.74, 6) is 0. The lowest BCUT2D eigenvalue weighted by Gasteiger charge is -2.45. The number of carboxylic acid groups (broad SMARTS) is 1. The van der Waals surface area contributed by atoms with Crippen LogP contribution in [-0.2, 0) is 58.4 Å². The van der Waals surface area contributed by atoms with E-state index in [4.69, 9.17) is 14.2 Å². The second kappa shape index (κ2) is 11.2. The molecule has 2 heterocycles. The molecule has 0 amide bonds. The van der Waals surface area contributed by atoms with E-state index in [1.54, 1.807) is 0 Å². The number of aliphatic hydroxyl groups excluding tert-OH is 1. The van der Waals surface area contributed by atoms with Crippen molar-refractivity contribution in [3.05, 3.63) is 0 Å². The van der Waals surface area contributed by atoms with E-state index in [2.05, 4.69) is 13.1 Å². The van der Waals surface area contributed by atoms with E-state index in [0.29, 0.717) is 0 Å². The van der Waals surface area contributed by atoms with Gasteiger partial charge in [-0.25, -0.2) is 30.0 Å². The molecule has 0 aromatic heterocycles. The molecule has 22 heteroatoms. The monoisotopic (exact) mass is 559 g/mol. The van der Waals surface area contributed by atoms with Crippen LogP contribution < -0.4 is 9.83 Å². The zero-order chi connectivity index (χ0) is 25.9. The summed E-state index contributed by atoms with van der Waals surface area (Å²) in [5.41, 5.74) is 0. The first-order chi connectivity index (χ1) is 15.4. The normalized spacial score (nSPS) is 33.4. The summed E-state index contributed by atoms with van der Waals surface area (Å²) < 4.78 is 128. The summed E-state index contributed by atoms with van der Waals surface area (Å²) in [6.45, 7) is -2.25. The fourth-order valence-electron chi connectivity index (χ4n) is 3.13. The second-order valence-corrected chi connectivity index (χ2v) is 10.0. The van der Waals surface area contributed by atoms with Crippen LogP contribution in [0.15, 0.2) is 0 Å². The van der Waals surface area contributed by atoms with Crippen LogP contribution in [0, 0.1) is 0 Å². The Balaban J connectivity index is 2.29. The Morgan fingerprint density at radius 1 is 1.03 bits per heavy atom. The highest BCUT2D eigenvalue weighted by Crippen LogP contribution is 2.27. The molecular weight excluding hydrogens is 542 g/mol. The largest absolute Gasteiger partial charge is 0.735 e. The van der Waals surface area contributed by atoms with Crippen LogP contribution in [0.1, 0.15) is 6.42 Å². The third-order valence-corrected chi connectivity index (χ3v) is 5.77. The Morgan fingerprint density at radius 3 is 2.18 bits per heavy atom. The van der Waals surface area contributed by atoms with Gasteiger partial charge in [0.25, 0.3) is 6.16 Å². The van der Waals surface area contributed by atoms with Crippen molar-refractivity contribution in [1.29, 1.82) is 0 Å². The molecule has 2 rings (SSSR count). The van der Waals surface area contributed by atoms with Crippen LogP contribution in [-0.4, -0.2) is 113 Å². The van der Waals surface area contributed by atoms with E-state index in [9.17, 15) is 53.9 Å². The standard InChI is InChI=1S/C12H21NO18S3/c14-6-1-5(2-27-33(20,21)22)28-11(9(6)13-32(17,18)19)29-7-3-26-4-8(31-34(23,24)25)10(7)30-12(15)16/h5-11,13-14H,1-4H2,(H,15,16)(H,17,18,19)(H,20,21,22)(H,23,24,25)/p-4/t5?,6?,7-,8?,9-,10-,11-/m0/s1. The summed E-state index contributed by atoms with van der Waals surface area (Å²) in [7, 11) is -15.9. The fraction of sp³-hybridized carbons (Fsp3) is 0.917. The summed E-state index contributed by atoms with van der Waals surface area (Å²) >= 11 is 0. The van der Waals surface area contributed by atoms with Crippen molar-refractivity contribution in [2.75, 3.05) is 19.8 Å². The Kier molecular flexibility index (Phi) is 9.53. The van der Waals surface area contributed by atoms with Crippen molar-refractivity contribution in [3.8, 4) is 0 Å². The van der Waals surface area contributed by atoms with Crippen LogP contribution in [0.4, 0.5) is 4.79 Å². The Labute approximate surface area is 192 Å². The number of hydrogen-bond acceptors (Lipinski definition) is 18. The van der Waals surface area contributed by atoms with Gasteiger partial charge in [0.1, 0.15) is 12.2 Å². The number of rotatable bonds is 10. The first kappa shape index (κ1) is 29.0. The number of ether oxygens (including phenoxy) is 4. The summed E-state index contributed by atoms with van der Waals surface area (Å²) in [6.07, 6.45) is -13.6. The molecule has 0 spiro atoms. The minimum atomic E-state index is -5.41. The molecule has 2 fully saturated rings. The molecule has 2 saturated heterocycles. The third kappa shape index (κ3) is 9.76. The number of carbonyl (C=O) groups excluding carboxylic acids is 1. The molecule has 0 bridgehead atoms. The molecule has 3 unspecified atom stereocenters. The van der Waals surface area contributed by atoms with Gasteiger partial charge in [0.15, 0.2) is 16.6 Å². The lowest BCUT2D eigenvalue weighted by atomic mass is 10.0. The molecule has 0 radical (unpaired) electrons. The molecule has 0 aromatic carbocycles. The minimum Gasteiger partial charge on any atom is -0.735 e. The maximum absolute atomic E-state index is 11.1. The van der Waals surface area contributed by atoms with Gasteiger partial charge in [-0.2, -0.15) is 0 Å². The molecule has 34 heavy (non-hydrogen) atoms. The quantitative estimate of drug-likeness (QED) is 0.143. The van der Waals surface area contributed by atoms with Crippen molar-refractivity contribution in [3.63, 3.8) is 0 Å². The molecule has 0 aliphatic carbocycles. The Morgan fingerprint density at radius 2 is 1.65 bits per heavy atom. The molecule has 2 N–H and O–H groups in total. The summed E-state index contributed by atoms with van der Waals surface area (Å²) in [6, 6.07) is -1.88. The van der Waals surface area contributed by atoms with E-state index >= 15 is 0 Å². The van der Waals surface area contributed by atoms with Gasteiger partial charge in [0.2, 0.25) is 20.8 Å². The average Bonchev–Trinajstić information content (AvgIpc) is 2.62.